The zero-order valence-electron chi connectivity index (χ0n) is 15.4. The van der Waals surface area contributed by atoms with Crippen molar-refractivity contribution in [3.8, 4) is 5.75 Å². The average molecular weight is 337 g/mol. The second-order valence-corrected chi connectivity index (χ2v) is 7.98. The van der Waals surface area contributed by atoms with Crippen LogP contribution in [0.2, 0.25) is 0 Å². The van der Waals surface area contributed by atoms with Gasteiger partial charge in [-0.05, 0) is 72.1 Å². The number of nitrogens with one attached hydrogen (secondary N) is 1. The van der Waals surface area contributed by atoms with E-state index in [1.54, 1.807) is 6.07 Å². The van der Waals surface area contributed by atoms with Gasteiger partial charge in [-0.25, -0.2) is 0 Å². The summed E-state index contributed by atoms with van der Waals surface area (Å²) in [5, 5.41) is 13.2. The van der Waals surface area contributed by atoms with Gasteiger partial charge >= 0.3 is 0 Å². The lowest BCUT2D eigenvalue weighted by molar-refractivity contribution is 0.102. The Hall–Kier alpha value is -2.29. The number of aromatic hydroxyl groups is 1. The van der Waals surface area contributed by atoms with E-state index in [4.69, 9.17) is 0 Å². The maximum atomic E-state index is 12.6. The van der Waals surface area contributed by atoms with E-state index >= 15 is 0 Å². The molecule has 0 spiro atoms. The van der Waals surface area contributed by atoms with E-state index in [1.807, 2.05) is 30.3 Å². The lowest BCUT2D eigenvalue weighted by atomic mass is 9.87. The van der Waals surface area contributed by atoms with Crippen LogP contribution in [-0.4, -0.2) is 11.0 Å². The normalized spacial score (nSPS) is 14.5. The molecule has 0 atom stereocenters. The van der Waals surface area contributed by atoms with Crippen LogP contribution in [0.4, 0.5) is 5.69 Å². The smallest absolute Gasteiger partial charge is 0.259 e. The molecule has 0 aliphatic heterocycles. The molecular formula is C22H27NO2. The first-order valence-corrected chi connectivity index (χ1v) is 9.11. The maximum Gasteiger partial charge on any atom is 0.259 e. The van der Waals surface area contributed by atoms with Crippen molar-refractivity contribution in [3.05, 3.63) is 58.7 Å². The van der Waals surface area contributed by atoms with Crippen LogP contribution in [0.1, 0.15) is 67.1 Å². The third-order valence-corrected chi connectivity index (χ3v) is 4.96. The van der Waals surface area contributed by atoms with Gasteiger partial charge in [-0.2, -0.15) is 0 Å². The van der Waals surface area contributed by atoms with E-state index in [0.717, 1.165) is 31.4 Å². The highest BCUT2D eigenvalue weighted by Gasteiger charge is 2.18. The van der Waals surface area contributed by atoms with E-state index < -0.39 is 0 Å². The van der Waals surface area contributed by atoms with Gasteiger partial charge in [-0.1, -0.05) is 39.3 Å². The third kappa shape index (κ3) is 4.04. The molecule has 3 rings (SSSR count). The first-order chi connectivity index (χ1) is 11.8. The molecule has 0 heterocycles. The van der Waals surface area contributed by atoms with Gasteiger partial charge in [-0.3, -0.25) is 4.79 Å². The van der Waals surface area contributed by atoms with Gasteiger partial charge in [0, 0.05) is 5.69 Å². The first-order valence-electron chi connectivity index (χ1n) is 9.11. The Morgan fingerprint density at radius 2 is 1.56 bits per heavy atom. The number of phenolic OH excluding ortho intramolecular Hbond substituents is 1. The Morgan fingerprint density at radius 1 is 0.960 bits per heavy atom. The Morgan fingerprint density at radius 3 is 2.16 bits per heavy atom. The predicted octanol–water partition coefficient (Wildman–Crippen LogP) is 5.21. The fourth-order valence-electron chi connectivity index (χ4n) is 3.38. The van der Waals surface area contributed by atoms with Crippen LogP contribution in [0, 0.1) is 0 Å². The number of aryl methyl sites for hydroxylation is 2. The number of fused-ring (bicyclic) bond motifs is 1. The molecule has 132 valence electrons. The molecule has 3 nitrogen and oxygen atoms in total. The van der Waals surface area contributed by atoms with Gasteiger partial charge < -0.3 is 10.4 Å². The van der Waals surface area contributed by atoms with E-state index in [9.17, 15) is 9.90 Å². The summed E-state index contributed by atoms with van der Waals surface area (Å²) in [5.41, 5.74) is 4.79. The Kier molecular flexibility index (Phi) is 4.85. The number of phenols is 1. The molecule has 0 saturated carbocycles. The fraction of sp³-hybridized carbons (Fsp3) is 0.409. The quantitative estimate of drug-likeness (QED) is 0.739. The highest BCUT2D eigenvalue weighted by molar-refractivity contribution is 6.06. The van der Waals surface area contributed by atoms with Gasteiger partial charge in [0.05, 0.1) is 5.56 Å². The molecule has 0 radical (unpaired) electrons. The van der Waals surface area contributed by atoms with Crippen molar-refractivity contribution in [1.29, 1.82) is 0 Å². The van der Waals surface area contributed by atoms with E-state index in [0.29, 0.717) is 5.56 Å². The van der Waals surface area contributed by atoms with Crippen LogP contribution in [0.5, 0.6) is 5.75 Å². The molecular weight excluding hydrogens is 310 g/mol. The van der Waals surface area contributed by atoms with Crippen LogP contribution in [0.25, 0.3) is 0 Å². The number of carbonyl (C=O) groups is 1. The minimum Gasteiger partial charge on any atom is -0.507 e. The van der Waals surface area contributed by atoms with Crippen molar-refractivity contribution in [1.82, 2.24) is 0 Å². The summed E-state index contributed by atoms with van der Waals surface area (Å²) in [6, 6.07) is 11.5. The maximum absolute atomic E-state index is 12.6. The lowest BCUT2D eigenvalue weighted by Crippen LogP contribution is -2.14. The van der Waals surface area contributed by atoms with Crippen molar-refractivity contribution >= 4 is 11.6 Å². The molecule has 3 heteroatoms. The molecule has 1 amide bonds. The predicted molar refractivity (Wildman–Crippen MR) is 102 cm³/mol. The van der Waals surface area contributed by atoms with Crippen molar-refractivity contribution in [2.75, 3.05) is 5.32 Å². The van der Waals surface area contributed by atoms with Crippen molar-refractivity contribution in [2.45, 2.75) is 58.3 Å². The summed E-state index contributed by atoms with van der Waals surface area (Å²) in [6.45, 7) is 6.48. The van der Waals surface area contributed by atoms with Crippen LogP contribution >= 0.6 is 0 Å². The summed E-state index contributed by atoms with van der Waals surface area (Å²) in [6.07, 6.45) is 5.47. The van der Waals surface area contributed by atoms with Gasteiger partial charge in [0.15, 0.2) is 0 Å². The molecule has 25 heavy (non-hydrogen) atoms. The number of carbonyl (C=O) groups excluding carboxylic acids is 1. The van der Waals surface area contributed by atoms with Crippen molar-refractivity contribution in [2.24, 2.45) is 0 Å². The number of hydrogen-bond donors (Lipinski definition) is 2. The Balaban J connectivity index is 1.80. The second-order valence-electron chi connectivity index (χ2n) is 7.98. The molecule has 0 unspecified atom stereocenters. The highest BCUT2D eigenvalue weighted by atomic mass is 16.3. The summed E-state index contributed by atoms with van der Waals surface area (Å²) in [7, 11) is 0. The van der Waals surface area contributed by atoms with Gasteiger partial charge in [0.1, 0.15) is 5.75 Å². The Labute approximate surface area is 150 Å². The standard InChI is InChI=1S/C22H27NO2/c1-22(2,3)17-9-11-18(12-10-17)23-21(25)19-13-15-7-5-4-6-8-16(15)14-20(19)24/h9-14,24H,4-8H2,1-3H3,(H,23,25). The highest BCUT2D eigenvalue weighted by Crippen LogP contribution is 2.29. The van der Waals surface area contributed by atoms with Crippen molar-refractivity contribution < 1.29 is 9.90 Å². The van der Waals surface area contributed by atoms with Crippen LogP contribution in [0.3, 0.4) is 0 Å². The SMILES string of the molecule is CC(C)(C)c1ccc(NC(=O)c2cc3c(cc2O)CCCCC3)cc1. The number of benzene rings is 2. The topological polar surface area (TPSA) is 49.3 Å². The van der Waals surface area contributed by atoms with E-state index in [1.165, 1.54) is 23.1 Å². The van der Waals surface area contributed by atoms with E-state index in [2.05, 4.69) is 26.1 Å². The van der Waals surface area contributed by atoms with Gasteiger partial charge in [0.2, 0.25) is 0 Å². The minimum absolute atomic E-state index is 0.0736. The number of rotatable bonds is 2. The third-order valence-electron chi connectivity index (χ3n) is 4.96. The molecule has 0 saturated heterocycles. The van der Waals surface area contributed by atoms with Gasteiger partial charge in [0.25, 0.3) is 5.91 Å². The molecule has 2 aromatic rings. The van der Waals surface area contributed by atoms with E-state index in [-0.39, 0.29) is 17.1 Å². The molecule has 1 aliphatic rings. The number of hydrogen-bond acceptors (Lipinski definition) is 2. The van der Waals surface area contributed by atoms with Gasteiger partial charge in [-0.15, -0.1) is 0 Å². The average Bonchev–Trinajstić information content (AvgIpc) is 2.78. The van der Waals surface area contributed by atoms with Crippen LogP contribution in [-0.2, 0) is 18.3 Å². The number of anilines is 1. The fourth-order valence-corrected chi connectivity index (χ4v) is 3.38. The second kappa shape index (κ2) is 6.91. The lowest BCUT2D eigenvalue weighted by Gasteiger charge is -2.19. The van der Waals surface area contributed by atoms with Crippen LogP contribution in [0.15, 0.2) is 36.4 Å². The molecule has 2 aromatic carbocycles. The summed E-state index contributed by atoms with van der Waals surface area (Å²) in [4.78, 5) is 12.6. The molecule has 2 N–H and O–H groups in total. The molecule has 1 aliphatic carbocycles. The summed E-state index contributed by atoms with van der Waals surface area (Å²) in [5.74, 6) is -0.183. The molecule has 0 bridgehead atoms. The summed E-state index contributed by atoms with van der Waals surface area (Å²) >= 11 is 0. The minimum atomic E-state index is -0.256. The Bertz CT molecular complexity index is 770. The number of amides is 1. The molecule has 0 fully saturated rings. The first kappa shape index (κ1) is 17.5. The van der Waals surface area contributed by atoms with Crippen LogP contribution < -0.4 is 5.32 Å². The zero-order valence-corrected chi connectivity index (χ0v) is 15.4. The summed E-state index contributed by atoms with van der Waals surface area (Å²) < 4.78 is 0. The monoisotopic (exact) mass is 337 g/mol. The van der Waals surface area contributed by atoms with Crippen molar-refractivity contribution in [3.63, 3.8) is 0 Å². The zero-order chi connectivity index (χ0) is 18.0. The largest absolute Gasteiger partial charge is 0.507 e. The molecule has 0 aromatic heterocycles.